The molecule has 4 rings (SSSR count). The molecule has 0 saturated heterocycles. The topological polar surface area (TPSA) is 80.8 Å². The van der Waals surface area contributed by atoms with Gasteiger partial charge in [0.2, 0.25) is 15.8 Å². The number of nitrogens with zero attached hydrogens (tertiary/aromatic N) is 1. The van der Waals surface area contributed by atoms with Crippen LogP contribution >= 0.6 is 0 Å². The monoisotopic (exact) mass is 449 g/mol. The molecule has 1 heterocycles. The average molecular weight is 450 g/mol. The third-order valence-electron chi connectivity index (χ3n) is 5.51. The fourth-order valence-corrected chi connectivity index (χ4v) is 5.19. The SMILES string of the molecule is CC(OC(=O)c1cccc(S(=O)(=O)N2CCc3ccccc3C2)c1)C(=O)c1ccccc1. The highest BCUT2D eigenvalue weighted by molar-refractivity contribution is 7.89. The van der Waals surface area contributed by atoms with Crippen molar-refractivity contribution in [3.05, 3.63) is 101 Å². The van der Waals surface area contributed by atoms with E-state index in [1.165, 1.54) is 35.5 Å². The lowest BCUT2D eigenvalue weighted by molar-refractivity contribution is 0.0318. The lowest BCUT2D eigenvalue weighted by Crippen LogP contribution is -2.36. The van der Waals surface area contributed by atoms with Crippen molar-refractivity contribution in [3.63, 3.8) is 0 Å². The van der Waals surface area contributed by atoms with Gasteiger partial charge in [0.25, 0.3) is 0 Å². The van der Waals surface area contributed by atoms with Crippen LogP contribution in [0.25, 0.3) is 0 Å². The second kappa shape index (κ2) is 9.06. The summed E-state index contributed by atoms with van der Waals surface area (Å²) < 4.78 is 33.1. The molecule has 164 valence electrons. The molecule has 0 amide bonds. The van der Waals surface area contributed by atoms with E-state index in [1.807, 2.05) is 24.3 Å². The average Bonchev–Trinajstić information content (AvgIpc) is 2.83. The van der Waals surface area contributed by atoms with E-state index in [0.29, 0.717) is 18.5 Å². The lowest BCUT2D eigenvalue weighted by Gasteiger charge is -2.28. The van der Waals surface area contributed by atoms with E-state index in [1.54, 1.807) is 30.3 Å². The fraction of sp³-hybridized carbons (Fsp3) is 0.200. The molecule has 0 aliphatic carbocycles. The van der Waals surface area contributed by atoms with E-state index in [4.69, 9.17) is 4.74 Å². The number of hydrogen-bond donors (Lipinski definition) is 0. The van der Waals surface area contributed by atoms with Gasteiger partial charge in [-0.1, -0.05) is 60.7 Å². The molecule has 32 heavy (non-hydrogen) atoms. The van der Waals surface area contributed by atoms with Gasteiger partial charge in [-0.3, -0.25) is 4.79 Å². The molecule has 1 unspecified atom stereocenters. The Morgan fingerprint density at radius 1 is 0.875 bits per heavy atom. The van der Waals surface area contributed by atoms with Gasteiger partial charge in [-0.25, -0.2) is 13.2 Å². The number of hydrogen-bond acceptors (Lipinski definition) is 5. The number of esters is 1. The summed E-state index contributed by atoms with van der Waals surface area (Å²) in [5.74, 6) is -1.07. The van der Waals surface area contributed by atoms with Crippen LogP contribution in [-0.2, 0) is 27.7 Å². The molecule has 0 aromatic heterocycles. The highest BCUT2D eigenvalue weighted by Crippen LogP contribution is 2.25. The number of ketones is 1. The van der Waals surface area contributed by atoms with Gasteiger partial charge in [0.15, 0.2) is 6.10 Å². The number of Topliss-reactive ketones (excluding diaryl/α,β-unsaturated/α-hetero) is 1. The Labute approximate surface area is 187 Å². The molecule has 7 heteroatoms. The maximum absolute atomic E-state index is 13.2. The van der Waals surface area contributed by atoms with Crippen LogP contribution in [0.1, 0.15) is 38.8 Å². The van der Waals surface area contributed by atoms with Crippen molar-refractivity contribution in [2.24, 2.45) is 0 Å². The van der Waals surface area contributed by atoms with Crippen LogP contribution < -0.4 is 0 Å². The first kappa shape index (κ1) is 21.9. The number of carbonyl (C=O) groups is 2. The Balaban J connectivity index is 1.50. The molecule has 6 nitrogen and oxygen atoms in total. The Morgan fingerprint density at radius 3 is 2.28 bits per heavy atom. The summed E-state index contributed by atoms with van der Waals surface area (Å²) in [6.45, 7) is 2.16. The molecule has 1 aliphatic rings. The Hall–Kier alpha value is -3.29. The standard InChI is InChI=1S/C25H23NO5S/c1-18(24(27)20-9-3-2-4-10-20)31-25(28)21-12-7-13-23(16-21)32(29,30)26-15-14-19-8-5-6-11-22(19)17-26/h2-13,16,18H,14-15,17H2,1H3. The van der Waals surface area contributed by atoms with Crippen molar-refractivity contribution in [2.45, 2.75) is 30.9 Å². The molecular formula is C25H23NO5S. The Kier molecular flexibility index (Phi) is 6.21. The van der Waals surface area contributed by atoms with Crippen LogP contribution in [0.2, 0.25) is 0 Å². The summed E-state index contributed by atoms with van der Waals surface area (Å²) in [6, 6.07) is 22.1. The van der Waals surface area contributed by atoms with E-state index < -0.39 is 22.1 Å². The van der Waals surface area contributed by atoms with E-state index in [9.17, 15) is 18.0 Å². The molecule has 0 bridgehead atoms. The van der Waals surface area contributed by atoms with E-state index >= 15 is 0 Å². The third kappa shape index (κ3) is 4.49. The lowest BCUT2D eigenvalue weighted by atomic mass is 10.0. The van der Waals surface area contributed by atoms with Crippen molar-refractivity contribution >= 4 is 21.8 Å². The summed E-state index contributed by atoms with van der Waals surface area (Å²) in [4.78, 5) is 25.1. The largest absolute Gasteiger partial charge is 0.451 e. The van der Waals surface area contributed by atoms with Gasteiger partial charge in [0.1, 0.15) is 0 Å². The summed E-state index contributed by atoms with van der Waals surface area (Å²) >= 11 is 0. The number of fused-ring (bicyclic) bond motifs is 1. The quantitative estimate of drug-likeness (QED) is 0.422. The smallest absolute Gasteiger partial charge is 0.338 e. The fourth-order valence-electron chi connectivity index (χ4n) is 3.73. The van der Waals surface area contributed by atoms with Crippen molar-refractivity contribution in [3.8, 4) is 0 Å². The minimum absolute atomic E-state index is 0.0216. The predicted octanol–water partition coefficient (Wildman–Crippen LogP) is 3.86. The maximum atomic E-state index is 13.2. The van der Waals surface area contributed by atoms with Crippen LogP contribution in [0.4, 0.5) is 0 Å². The molecule has 0 radical (unpaired) electrons. The first-order valence-electron chi connectivity index (χ1n) is 10.3. The van der Waals surface area contributed by atoms with Gasteiger partial charge >= 0.3 is 5.97 Å². The van der Waals surface area contributed by atoms with Crippen molar-refractivity contribution in [2.75, 3.05) is 6.54 Å². The first-order chi connectivity index (χ1) is 15.4. The van der Waals surface area contributed by atoms with Crippen molar-refractivity contribution in [1.82, 2.24) is 4.31 Å². The van der Waals surface area contributed by atoms with E-state index in [0.717, 1.165) is 11.1 Å². The van der Waals surface area contributed by atoms with Gasteiger partial charge in [0.05, 0.1) is 10.5 Å². The molecule has 0 spiro atoms. The predicted molar refractivity (Wildman–Crippen MR) is 120 cm³/mol. The molecule has 3 aromatic rings. The van der Waals surface area contributed by atoms with Crippen molar-refractivity contribution < 1.29 is 22.7 Å². The number of sulfonamides is 1. The second-order valence-electron chi connectivity index (χ2n) is 7.66. The molecule has 1 atom stereocenters. The normalized spacial score (nSPS) is 14.9. The highest BCUT2D eigenvalue weighted by atomic mass is 32.2. The zero-order valence-corrected chi connectivity index (χ0v) is 18.4. The van der Waals surface area contributed by atoms with E-state index in [2.05, 4.69) is 0 Å². The highest BCUT2D eigenvalue weighted by Gasteiger charge is 2.29. The molecule has 0 saturated carbocycles. The molecule has 3 aromatic carbocycles. The van der Waals surface area contributed by atoms with Crippen LogP contribution in [0.5, 0.6) is 0 Å². The zero-order chi connectivity index (χ0) is 22.7. The van der Waals surface area contributed by atoms with Gasteiger partial charge in [-0.15, -0.1) is 0 Å². The summed E-state index contributed by atoms with van der Waals surface area (Å²) in [5.41, 5.74) is 2.64. The first-order valence-corrected chi connectivity index (χ1v) is 11.8. The van der Waals surface area contributed by atoms with Gasteiger partial charge in [0, 0.05) is 18.7 Å². The minimum Gasteiger partial charge on any atom is -0.451 e. The zero-order valence-electron chi connectivity index (χ0n) is 17.6. The summed E-state index contributed by atoms with van der Waals surface area (Å²) in [6.07, 6.45) is -0.361. The summed E-state index contributed by atoms with van der Waals surface area (Å²) in [7, 11) is -3.79. The maximum Gasteiger partial charge on any atom is 0.338 e. The Morgan fingerprint density at radius 2 is 1.53 bits per heavy atom. The van der Waals surface area contributed by atoms with Gasteiger partial charge < -0.3 is 4.74 Å². The molecule has 1 aliphatic heterocycles. The minimum atomic E-state index is -3.79. The number of carbonyl (C=O) groups excluding carboxylic acids is 2. The van der Waals surface area contributed by atoms with Crippen molar-refractivity contribution in [1.29, 1.82) is 0 Å². The van der Waals surface area contributed by atoms with Crippen LogP contribution in [0.3, 0.4) is 0 Å². The van der Waals surface area contributed by atoms with Crippen LogP contribution in [0, 0.1) is 0 Å². The van der Waals surface area contributed by atoms with Crippen LogP contribution in [-0.4, -0.2) is 37.1 Å². The number of ether oxygens (including phenoxy) is 1. The third-order valence-corrected chi connectivity index (χ3v) is 7.36. The van der Waals surface area contributed by atoms with E-state index in [-0.39, 0.29) is 22.8 Å². The molecule has 0 N–H and O–H groups in total. The molecule has 0 fully saturated rings. The van der Waals surface area contributed by atoms with Gasteiger partial charge in [-0.2, -0.15) is 4.31 Å². The molecular weight excluding hydrogens is 426 g/mol. The Bertz CT molecular complexity index is 1250. The number of benzene rings is 3. The number of rotatable bonds is 6. The van der Waals surface area contributed by atoms with Gasteiger partial charge in [-0.05, 0) is 42.7 Å². The second-order valence-corrected chi connectivity index (χ2v) is 9.60. The van der Waals surface area contributed by atoms with Crippen LogP contribution in [0.15, 0.2) is 83.8 Å². The summed E-state index contributed by atoms with van der Waals surface area (Å²) in [5, 5.41) is 0.